The Balaban J connectivity index is 2.23. The van der Waals surface area contributed by atoms with Gasteiger partial charge in [-0.1, -0.05) is 0 Å². The minimum absolute atomic E-state index is 0.00176. The van der Waals surface area contributed by atoms with Crippen molar-refractivity contribution < 1.29 is 9.84 Å². The van der Waals surface area contributed by atoms with E-state index in [9.17, 15) is 5.11 Å². The molecule has 6 heteroatoms. The summed E-state index contributed by atoms with van der Waals surface area (Å²) in [7, 11) is 5.66. The fraction of sp³-hybridized carbons (Fsp3) is 0.692. The van der Waals surface area contributed by atoms with Crippen LogP contribution in [0, 0.1) is 0 Å². The summed E-state index contributed by atoms with van der Waals surface area (Å²) in [5.74, 6) is 0.398. The summed E-state index contributed by atoms with van der Waals surface area (Å²) >= 11 is 0. The highest BCUT2D eigenvalue weighted by Crippen LogP contribution is 2.26. The zero-order valence-electron chi connectivity index (χ0n) is 11.8. The van der Waals surface area contributed by atoms with E-state index in [0.29, 0.717) is 11.6 Å². The number of hydrogen-bond donors (Lipinski definition) is 1. The van der Waals surface area contributed by atoms with E-state index in [2.05, 4.69) is 26.8 Å². The molecule has 0 spiro atoms. The Morgan fingerprint density at radius 2 is 2.05 bits per heavy atom. The van der Waals surface area contributed by atoms with Gasteiger partial charge in [0.25, 0.3) is 0 Å². The Labute approximate surface area is 114 Å². The van der Waals surface area contributed by atoms with Crippen LogP contribution in [0.5, 0.6) is 5.88 Å². The second kappa shape index (κ2) is 6.27. The molecule has 0 aromatic carbocycles. The van der Waals surface area contributed by atoms with Gasteiger partial charge in [0, 0.05) is 18.9 Å². The standard InChI is InChI=1S/C13H22N4O2/c1-16-7-4-8-17(2)10(9-16)12(18)11-13(19-3)15-6-5-14-11/h5-6,10,12,18H,4,7-9H2,1-3H3. The molecule has 1 aromatic rings. The summed E-state index contributed by atoms with van der Waals surface area (Å²) in [5.41, 5.74) is 0.511. The van der Waals surface area contributed by atoms with Crippen molar-refractivity contribution in [3.63, 3.8) is 0 Å². The Morgan fingerprint density at radius 3 is 2.79 bits per heavy atom. The van der Waals surface area contributed by atoms with E-state index in [0.717, 1.165) is 26.1 Å². The zero-order valence-corrected chi connectivity index (χ0v) is 11.8. The lowest BCUT2D eigenvalue weighted by Gasteiger charge is -2.31. The van der Waals surface area contributed by atoms with E-state index in [4.69, 9.17) is 4.74 Å². The molecule has 106 valence electrons. The van der Waals surface area contributed by atoms with Crippen molar-refractivity contribution in [1.29, 1.82) is 0 Å². The number of hydrogen-bond acceptors (Lipinski definition) is 6. The van der Waals surface area contributed by atoms with Crippen molar-refractivity contribution >= 4 is 0 Å². The van der Waals surface area contributed by atoms with Crippen molar-refractivity contribution in [3.05, 3.63) is 18.1 Å². The summed E-state index contributed by atoms with van der Waals surface area (Å²) in [6.45, 7) is 2.82. The molecule has 0 radical (unpaired) electrons. The van der Waals surface area contributed by atoms with E-state index >= 15 is 0 Å². The molecule has 0 bridgehead atoms. The Morgan fingerprint density at radius 1 is 1.32 bits per heavy atom. The van der Waals surface area contributed by atoms with E-state index in [1.807, 2.05) is 7.05 Å². The van der Waals surface area contributed by atoms with Crippen LogP contribution in [0.15, 0.2) is 12.4 Å². The van der Waals surface area contributed by atoms with Gasteiger partial charge in [-0.3, -0.25) is 9.88 Å². The van der Waals surface area contributed by atoms with Gasteiger partial charge in [-0.25, -0.2) is 4.98 Å². The molecule has 1 saturated heterocycles. The van der Waals surface area contributed by atoms with Gasteiger partial charge >= 0.3 is 0 Å². The number of aromatic nitrogens is 2. The summed E-state index contributed by atoms with van der Waals surface area (Å²) in [6.07, 6.45) is 3.56. The molecule has 2 rings (SSSR count). The Bertz CT molecular complexity index is 415. The van der Waals surface area contributed by atoms with Crippen molar-refractivity contribution in [3.8, 4) is 5.88 Å². The molecule has 1 N–H and O–H groups in total. The predicted octanol–water partition coefficient (Wildman–Crippen LogP) is 0.155. The molecular formula is C13H22N4O2. The van der Waals surface area contributed by atoms with Crippen LogP contribution in [0.4, 0.5) is 0 Å². The van der Waals surface area contributed by atoms with Crippen LogP contribution < -0.4 is 4.74 Å². The van der Waals surface area contributed by atoms with E-state index in [-0.39, 0.29) is 6.04 Å². The lowest BCUT2D eigenvalue weighted by Crippen LogP contribution is -2.42. The summed E-state index contributed by atoms with van der Waals surface area (Å²) < 4.78 is 5.18. The maximum Gasteiger partial charge on any atom is 0.238 e. The quantitative estimate of drug-likeness (QED) is 0.840. The molecule has 19 heavy (non-hydrogen) atoms. The third-order valence-corrected chi connectivity index (χ3v) is 3.64. The van der Waals surface area contributed by atoms with Gasteiger partial charge in [0.1, 0.15) is 11.8 Å². The molecule has 0 aliphatic carbocycles. The molecule has 1 aliphatic rings. The topological polar surface area (TPSA) is 61.7 Å². The first-order chi connectivity index (χ1) is 9.13. The molecule has 2 unspecified atom stereocenters. The number of ether oxygens (including phenoxy) is 1. The van der Waals surface area contributed by atoms with Crippen molar-refractivity contribution in [2.45, 2.75) is 18.6 Å². The number of likely N-dealkylation sites (N-methyl/N-ethyl adjacent to an activating group) is 2. The van der Waals surface area contributed by atoms with Crippen LogP contribution in [-0.4, -0.2) is 71.8 Å². The lowest BCUT2D eigenvalue weighted by molar-refractivity contribution is 0.0519. The fourth-order valence-electron chi connectivity index (χ4n) is 2.53. The van der Waals surface area contributed by atoms with Crippen LogP contribution in [0.1, 0.15) is 18.2 Å². The number of rotatable bonds is 3. The molecular weight excluding hydrogens is 244 g/mol. The highest BCUT2D eigenvalue weighted by Gasteiger charge is 2.31. The minimum Gasteiger partial charge on any atom is -0.480 e. The first-order valence-electron chi connectivity index (χ1n) is 6.55. The average Bonchev–Trinajstić information content (AvgIpc) is 2.59. The molecule has 0 amide bonds. The van der Waals surface area contributed by atoms with Crippen molar-refractivity contribution in [1.82, 2.24) is 19.8 Å². The van der Waals surface area contributed by atoms with Gasteiger partial charge in [-0.2, -0.15) is 0 Å². The average molecular weight is 266 g/mol. The highest BCUT2D eigenvalue weighted by molar-refractivity contribution is 5.21. The second-order valence-electron chi connectivity index (χ2n) is 5.06. The van der Waals surface area contributed by atoms with Crippen LogP contribution in [0.2, 0.25) is 0 Å². The van der Waals surface area contributed by atoms with Crippen LogP contribution >= 0.6 is 0 Å². The van der Waals surface area contributed by atoms with E-state index < -0.39 is 6.10 Å². The Kier molecular flexibility index (Phi) is 4.68. The van der Waals surface area contributed by atoms with E-state index in [1.165, 1.54) is 0 Å². The van der Waals surface area contributed by atoms with Gasteiger partial charge < -0.3 is 14.7 Å². The molecule has 0 saturated carbocycles. The molecule has 2 atom stereocenters. The third kappa shape index (κ3) is 3.20. The zero-order chi connectivity index (χ0) is 13.8. The highest BCUT2D eigenvalue weighted by atomic mass is 16.5. The molecule has 1 aromatic heterocycles. The number of aliphatic hydroxyl groups is 1. The first kappa shape index (κ1) is 14.2. The van der Waals surface area contributed by atoms with Gasteiger partial charge in [-0.15, -0.1) is 0 Å². The number of aliphatic hydroxyl groups excluding tert-OH is 1. The van der Waals surface area contributed by atoms with Crippen molar-refractivity contribution in [2.24, 2.45) is 0 Å². The molecule has 1 aliphatic heterocycles. The maximum atomic E-state index is 10.6. The van der Waals surface area contributed by atoms with Gasteiger partial charge in [0.05, 0.1) is 13.2 Å². The van der Waals surface area contributed by atoms with Gasteiger partial charge in [0.2, 0.25) is 5.88 Å². The van der Waals surface area contributed by atoms with E-state index in [1.54, 1.807) is 19.5 Å². The van der Waals surface area contributed by atoms with Gasteiger partial charge in [0.15, 0.2) is 0 Å². The summed E-state index contributed by atoms with van der Waals surface area (Å²) in [4.78, 5) is 12.8. The summed E-state index contributed by atoms with van der Waals surface area (Å²) in [6, 6.07) is -0.00176. The number of methoxy groups -OCH3 is 1. The van der Waals surface area contributed by atoms with Crippen molar-refractivity contribution in [2.75, 3.05) is 40.8 Å². The molecule has 6 nitrogen and oxygen atoms in total. The number of nitrogens with zero attached hydrogens (tertiary/aromatic N) is 4. The smallest absolute Gasteiger partial charge is 0.238 e. The minimum atomic E-state index is -0.700. The monoisotopic (exact) mass is 266 g/mol. The first-order valence-corrected chi connectivity index (χ1v) is 6.55. The molecule has 1 fully saturated rings. The largest absolute Gasteiger partial charge is 0.480 e. The molecule has 2 heterocycles. The van der Waals surface area contributed by atoms with Crippen LogP contribution in [0.3, 0.4) is 0 Å². The lowest BCUT2D eigenvalue weighted by atomic mass is 10.1. The SMILES string of the molecule is COc1nccnc1C(O)C1CN(C)CCCN1C. The normalized spacial score (nSPS) is 23.9. The summed E-state index contributed by atoms with van der Waals surface area (Å²) in [5, 5.41) is 10.6. The maximum absolute atomic E-state index is 10.6. The predicted molar refractivity (Wildman–Crippen MR) is 72.1 cm³/mol. The van der Waals surface area contributed by atoms with Gasteiger partial charge in [-0.05, 0) is 33.6 Å². The van der Waals surface area contributed by atoms with Crippen LogP contribution in [-0.2, 0) is 0 Å². The fourth-order valence-corrected chi connectivity index (χ4v) is 2.53. The third-order valence-electron chi connectivity index (χ3n) is 3.64. The Hall–Kier alpha value is -1.24. The van der Waals surface area contributed by atoms with Crippen LogP contribution in [0.25, 0.3) is 0 Å². The second-order valence-corrected chi connectivity index (χ2v) is 5.06.